The Labute approximate surface area is 75.0 Å². The van der Waals surface area contributed by atoms with Crippen molar-refractivity contribution in [3.63, 3.8) is 0 Å². The summed E-state index contributed by atoms with van der Waals surface area (Å²) in [5, 5.41) is 2.78. The van der Waals surface area contributed by atoms with E-state index in [1.54, 1.807) is 6.92 Å². The second-order valence-corrected chi connectivity index (χ2v) is 2.95. The van der Waals surface area contributed by atoms with Crippen molar-refractivity contribution < 1.29 is 4.79 Å². The van der Waals surface area contributed by atoms with Gasteiger partial charge >= 0.3 is 0 Å². The van der Waals surface area contributed by atoms with E-state index in [0.29, 0.717) is 5.57 Å². The zero-order valence-electron chi connectivity index (χ0n) is 7.86. The van der Waals surface area contributed by atoms with Gasteiger partial charge in [0.25, 0.3) is 0 Å². The Balaban J connectivity index is 3.20. The van der Waals surface area contributed by atoms with Crippen molar-refractivity contribution in [3.8, 4) is 0 Å². The summed E-state index contributed by atoms with van der Waals surface area (Å²) >= 11 is 0. The lowest BCUT2D eigenvalue weighted by atomic mass is 10.2. The van der Waals surface area contributed by atoms with Crippen LogP contribution in [0.1, 0.15) is 32.6 Å². The number of amides is 1. The van der Waals surface area contributed by atoms with E-state index < -0.39 is 0 Å². The third kappa shape index (κ3) is 5.96. The predicted molar refractivity (Wildman–Crippen MR) is 51.6 cm³/mol. The molecule has 12 heavy (non-hydrogen) atoms. The van der Waals surface area contributed by atoms with Crippen LogP contribution in [-0.2, 0) is 4.79 Å². The minimum absolute atomic E-state index is 0.0374. The van der Waals surface area contributed by atoms with Gasteiger partial charge in [0.2, 0.25) is 5.91 Å². The van der Waals surface area contributed by atoms with Gasteiger partial charge in [-0.05, 0) is 13.3 Å². The van der Waals surface area contributed by atoms with Gasteiger partial charge in [0.15, 0.2) is 0 Å². The van der Waals surface area contributed by atoms with Crippen molar-refractivity contribution in [1.29, 1.82) is 0 Å². The second-order valence-electron chi connectivity index (χ2n) is 2.95. The van der Waals surface area contributed by atoms with Crippen molar-refractivity contribution in [1.82, 2.24) is 5.32 Å². The number of unbranched alkanes of at least 4 members (excludes halogenated alkanes) is 3. The average Bonchev–Trinajstić information content (AvgIpc) is 2.03. The number of nitrogens with one attached hydrogen (secondary N) is 1. The van der Waals surface area contributed by atoms with E-state index in [0.717, 1.165) is 32.2 Å². The maximum atomic E-state index is 11.0. The highest BCUT2D eigenvalue weighted by Crippen LogP contribution is 1.97. The quantitative estimate of drug-likeness (QED) is 0.477. The van der Waals surface area contributed by atoms with Crippen molar-refractivity contribution in [2.45, 2.75) is 32.6 Å². The Hall–Kier alpha value is -0.790. The molecule has 2 heteroatoms. The van der Waals surface area contributed by atoms with Crippen molar-refractivity contribution in [2.24, 2.45) is 0 Å². The van der Waals surface area contributed by atoms with Crippen molar-refractivity contribution in [2.75, 3.05) is 6.54 Å². The van der Waals surface area contributed by atoms with Gasteiger partial charge in [-0.2, -0.15) is 0 Å². The predicted octanol–water partition coefficient (Wildman–Crippen LogP) is 2.07. The summed E-state index contributed by atoms with van der Waals surface area (Å²) in [6, 6.07) is 0. The molecule has 0 aliphatic heterocycles. The lowest BCUT2D eigenvalue weighted by Gasteiger charge is -2.03. The average molecular weight is 168 g/mol. The zero-order chi connectivity index (χ0) is 9.40. The molecular weight excluding hydrogens is 150 g/mol. The van der Waals surface area contributed by atoms with Crippen molar-refractivity contribution >= 4 is 5.91 Å². The molecule has 69 valence electrons. The van der Waals surface area contributed by atoms with Gasteiger partial charge < -0.3 is 5.32 Å². The monoisotopic (exact) mass is 168 g/mol. The fraction of sp³-hybridized carbons (Fsp3) is 0.600. The van der Waals surface area contributed by atoms with Crippen LogP contribution in [0.4, 0.5) is 0 Å². The number of hydrogen-bond acceptors (Lipinski definition) is 1. The molecule has 0 fully saturated rings. The summed E-state index contributed by atoms with van der Waals surface area (Å²) < 4.78 is 0. The molecule has 0 rings (SSSR count). The highest BCUT2D eigenvalue weighted by Gasteiger charge is 1.98. The molecule has 0 unspecified atom stereocenters. The van der Waals surface area contributed by atoms with E-state index in [2.05, 4.69) is 18.8 Å². The Morgan fingerprint density at radius 1 is 1.33 bits per heavy atom. The topological polar surface area (TPSA) is 29.1 Å². The fourth-order valence-corrected chi connectivity index (χ4v) is 0.831. The van der Waals surface area contributed by atoms with E-state index in [-0.39, 0.29) is 5.91 Å². The van der Waals surface area contributed by atoms with Crippen LogP contribution in [0.2, 0.25) is 0 Å². The van der Waals surface area contributed by atoms with Gasteiger partial charge in [0.05, 0.1) is 0 Å². The molecule has 0 saturated carbocycles. The van der Waals surface area contributed by atoms with Gasteiger partial charge in [0.1, 0.15) is 0 Å². The van der Waals surface area contributed by atoms with Crippen LogP contribution in [0.5, 0.6) is 0 Å². The van der Waals surface area contributed by atoms with E-state index in [1.807, 2.05) is 0 Å². The first-order valence-electron chi connectivity index (χ1n) is 4.41. The summed E-state index contributed by atoms with van der Waals surface area (Å²) in [4.78, 5) is 11.0. The summed E-state index contributed by atoms with van der Waals surface area (Å²) in [6.45, 7) is 9.76. The summed E-state index contributed by atoms with van der Waals surface area (Å²) in [5.41, 5.74) is 0.576. The van der Waals surface area contributed by atoms with Gasteiger partial charge in [-0.1, -0.05) is 32.8 Å². The van der Waals surface area contributed by atoms with E-state index >= 15 is 0 Å². The molecule has 0 aromatic heterocycles. The lowest BCUT2D eigenvalue weighted by molar-refractivity contribution is -0.117. The van der Waals surface area contributed by atoms with Crippen LogP contribution in [0.15, 0.2) is 12.2 Å². The standard InChI is InChI=1S/C10H18NO/c1-4-5-6-7-8-11-10(12)9(2)3/h1-2,4-8H2,3H3,(H,11,12). The van der Waals surface area contributed by atoms with Crippen molar-refractivity contribution in [3.05, 3.63) is 19.1 Å². The SMILES string of the molecule is [CH2]CCCCCNC(=O)C(=C)C. The molecule has 1 N–H and O–H groups in total. The van der Waals surface area contributed by atoms with Crippen LogP contribution in [0.3, 0.4) is 0 Å². The highest BCUT2D eigenvalue weighted by atomic mass is 16.1. The molecule has 0 aliphatic rings. The fourth-order valence-electron chi connectivity index (χ4n) is 0.831. The largest absolute Gasteiger partial charge is 0.352 e. The molecule has 0 bridgehead atoms. The summed E-state index contributed by atoms with van der Waals surface area (Å²) in [6.07, 6.45) is 4.30. The van der Waals surface area contributed by atoms with Crippen LogP contribution in [0, 0.1) is 6.92 Å². The smallest absolute Gasteiger partial charge is 0.246 e. The van der Waals surface area contributed by atoms with Gasteiger partial charge in [-0.15, -0.1) is 0 Å². The van der Waals surface area contributed by atoms with Gasteiger partial charge in [-0.25, -0.2) is 0 Å². The van der Waals surface area contributed by atoms with Gasteiger partial charge in [-0.3, -0.25) is 4.79 Å². The molecule has 0 aromatic carbocycles. The van der Waals surface area contributed by atoms with E-state index in [1.165, 1.54) is 0 Å². The Bertz CT molecular complexity index is 152. The lowest BCUT2D eigenvalue weighted by Crippen LogP contribution is -2.24. The zero-order valence-corrected chi connectivity index (χ0v) is 7.86. The normalized spacial score (nSPS) is 9.50. The number of carbonyl (C=O) groups is 1. The molecule has 0 atom stereocenters. The molecular formula is C10H18NO. The Morgan fingerprint density at radius 3 is 2.50 bits per heavy atom. The molecule has 0 heterocycles. The maximum absolute atomic E-state index is 11.0. The number of carbonyl (C=O) groups excluding carboxylic acids is 1. The first-order chi connectivity index (χ1) is 5.68. The Kier molecular flexibility index (Phi) is 6.44. The number of rotatable bonds is 6. The van der Waals surface area contributed by atoms with E-state index in [4.69, 9.17) is 0 Å². The molecule has 0 aromatic rings. The minimum Gasteiger partial charge on any atom is -0.352 e. The van der Waals surface area contributed by atoms with Crippen LogP contribution >= 0.6 is 0 Å². The van der Waals surface area contributed by atoms with Crippen LogP contribution < -0.4 is 5.32 Å². The molecule has 1 amide bonds. The summed E-state index contributed by atoms with van der Waals surface area (Å²) in [5.74, 6) is -0.0374. The molecule has 1 radical (unpaired) electrons. The highest BCUT2D eigenvalue weighted by molar-refractivity contribution is 5.91. The van der Waals surface area contributed by atoms with Crippen LogP contribution in [-0.4, -0.2) is 12.5 Å². The van der Waals surface area contributed by atoms with Gasteiger partial charge in [0, 0.05) is 12.1 Å². The number of hydrogen-bond donors (Lipinski definition) is 1. The molecule has 0 spiro atoms. The molecule has 0 saturated heterocycles. The minimum atomic E-state index is -0.0374. The third-order valence-electron chi connectivity index (χ3n) is 1.60. The molecule has 2 nitrogen and oxygen atoms in total. The first kappa shape index (κ1) is 11.2. The third-order valence-corrected chi connectivity index (χ3v) is 1.60. The van der Waals surface area contributed by atoms with Crippen LogP contribution in [0.25, 0.3) is 0 Å². The second kappa shape index (κ2) is 6.89. The van der Waals surface area contributed by atoms with E-state index in [9.17, 15) is 4.79 Å². The summed E-state index contributed by atoms with van der Waals surface area (Å²) in [7, 11) is 0. The first-order valence-corrected chi connectivity index (χ1v) is 4.41. The maximum Gasteiger partial charge on any atom is 0.246 e. The Morgan fingerprint density at radius 2 is 2.00 bits per heavy atom. The molecule has 0 aliphatic carbocycles.